The second-order valence-electron chi connectivity index (χ2n) is 14.0. The summed E-state index contributed by atoms with van der Waals surface area (Å²) in [7, 11) is 0. The van der Waals surface area contributed by atoms with E-state index in [-0.39, 0.29) is 54.6 Å². The standard InChI is InChI=1S/C39H45F4N7O4/c1-5-22(3)32(35(52)46-21-25-20-44-16-17-45-25)49-37(54)38(15-14-30-27(19-38)26-11-9-12-28(34(26)47-30)39(41,42)43)50-36(53)33(23(4)6-2)48-31(51)18-24-10-7-8-13-29(24)40/h7-13,16-17,20,22-23,32-33,47H,5-6,14-15,18-19,21H2,1-4H3,(H,46,52)(H,48,51)(H,49,54)(H,50,53)/t22?,23?,32-,33-,38+/m0/s1. The Kier molecular flexibility index (Phi) is 12.4. The van der Waals surface area contributed by atoms with Crippen molar-refractivity contribution in [2.75, 3.05) is 0 Å². The molecule has 2 aromatic heterocycles. The third kappa shape index (κ3) is 8.88. The zero-order chi connectivity index (χ0) is 39.2. The van der Waals surface area contributed by atoms with Gasteiger partial charge in [-0.3, -0.25) is 29.1 Å². The molecule has 5 rings (SSSR count). The highest BCUT2D eigenvalue weighted by Crippen LogP contribution is 2.40. The maximum atomic E-state index is 14.7. The lowest BCUT2D eigenvalue weighted by molar-refractivity contribution is -0.139. The number of para-hydroxylation sites is 1. The van der Waals surface area contributed by atoms with E-state index >= 15 is 0 Å². The number of aryl methyl sites for hydroxylation is 1. The molecule has 5 N–H and O–H groups in total. The molecule has 0 bridgehead atoms. The molecule has 4 aromatic rings. The van der Waals surface area contributed by atoms with Crippen LogP contribution in [0.25, 0.3) is 10.9 Å². The molecule has 2 unspecified atom stereocenters. The largest absolute Gasteiger partial charge is 0.418 e. The highest BCUT2D eigenvalue weighted by atomic mass is 19.4. The Morgan fingerprint density at radius 3 is 2.28 bits per heavy atom. The van der Waals surface area contributed by atoms with Gasteiger partial charge in [-0.05, 0) is 47.9 Å². The number of rotatable bonds is 14. The molecule has 5 atom stereocenters. The smallest absolute Gasteiger partial charge is 0.358 e. The zero-order valence-electron chi connectivity index (χ0n) is 30.6. The molecule has 2 heterocycles. The quantitative estimate of drug-likeness (QED) is 0.113. The van der Waals surface area contributed by atoms with E-state index in [0.717, 1.165) is 6.07 Å². The summed E-state index contributed by atoms with van der Waals surface area (Å²) in [6.45, 7) is 7.26. The van der Waals surface area contributed by atoms with Crippen LogP contribution in [0.2, 0.25) is 0 Å². The molecular formula is C39H45F4N7O4. The van der Waals surface area contributed by atoms with Crippen molar-refractivity contribution in [3.63, 3.8) is 0 Å². The van der Waals surface area contributed by atoms with Crippen molar-refractivity contribution in [1.29, 1.82) is 0 Å². The van der Waals surface area contributed by atoms with Crippen molar-refractivity contribution in [1.82, 2.24) is 36.2 Å². The minimum atomic E-state index is -4.65. The SMILES string of the molecule is CCC(C)[C@H](NC(=O)Cc1ccccc1F)C(=O)N[C@]1(C(=O)N[C@H](C(=O)NCc2cnccn2)C(C)CC)CCc2[nH]c3c(C(F)(F)F)cccc3c2C1. The number of aromatic amines is 1. The number of carbonyl (C=O) groups excluding carboxylic acids is 4. The summed E-state index contributed by atoms with van der Waals surface area (Å²) in [6.07, 6.45) is 0.298. The van der Waals surface area contributed by atoms with E-state index in [2.05, 4.69) is 36.2 Å². The van der Waals surface area contributed by atoms with Crippen LogP contribution in [0.5, 0.6) is 0 Å². The minimum Gasteiger partial charge on any atom is -0.358 e. The van der Waals surface area contributed by atoms with Gasteiger partial charge in [-0.1, -0.05) is 70.9 Å². The number of H-pyrrole nitrogens is 1. The Morgan fingerprint density at radius 2 is 1.63 bits per heavy atom. The second kappa shape index (κ2) is 16.8. The number of halogens is 4. The lowest BCUT2D eigenvalue weighted by Crippen LogP contribution is -2.67. The van der Waals surface area contributed by atoms with Gasteiger partial charge < -0.3 is 26.3 Å². The number of hydrogen-bond donors (Lipinski definition) is 5. The van der Waals surface area contributed by atoms with Gasteiger partial charge in [-0.2, -0.15) is 13.2 Å². The molecule has 54 heavy (non-hydrogen) atoms. The van der Waals surface area contributed by atoms with Gasteiger partial charge in [0.15, 0.2) is 0 Å². The maximum absolute atomic E-state index is 14.7. The van der Waals surface area contributed by atoms with Crippen LogP contribution in [0.3, 0.4) is 0 Å². The predicted octanol–water partition coefficient (Wildman–Crippen LogP) is 5.08. The molecule has 0 fully saturated rings. The first-order valence-electron chi connectivity index (χ1n) is 18.0. The van der Waals surface area contributed by atoms with Crippen LogP contribution in [-0.4, -0.2) is 56.2 Å². The van der Waals surface area contributed by atoms with E-state index in [1.54, 1.807) is 19.9 Å². The summed E-state index contributed by atoms with van der Waals surface area (Å²) < 4.78 is 56.6. The Hall–Kier alpha value is -5.34. The predicted molar refractivity (Wildman–Crippen MR) is 193 cm³/mol. The monoisotopic (exact) mass is 751 g/mol. The fourth-order valence-corrected chi connectivity index (χ4v) is 6.81. The number of amides is 4. The van der Waals surface area contributed by atoms with Crippen LogP contribution < -0.4 is 21.3 Å². The van der Waals surface area contributed by atoms with Crippen molar-refractivity contribution in [3.05, 3.63) is 95.0 Å². The summed E-state index contributed by atoms with van der Waals surface area (Å²) in [5.74, 6) is -3.89. The lowest BCUT2D eigenvalue weighted by atomic mass is 9.78. The van der Waals surface area contributed by atoms with E-state index in [0.29, 0.717) is 29.8 Å². The highest BCUT2D eigenvalue weighted by molar-refractivity contribution is 5.99. The Labute approximate surface area is 310 Å². The molecule has 0 aliphatic heterocycles. The van der Waals surface area contributed by atoms with Crippen LogP contribution in [0, 0.1) is 17.7 Å². The number of hydrogen-bond acceptors (Lipinski definition) is 6. The van der Waals surface area contributed by atoms with Crippen molar-refractivity contribution in [2.24, 2.45) is 11.8 Å². The van der Waals surface area contributed by atoms with Gasteiger partial charge in [0.1, 0.15) is 23.4 Å². The summed E-state index contributed by atoms with van der Waals surface area (Å²) >= 11 is 0. The molecule has 1 aliphatic rings. The van der Waals surface area contributed by atoms with Crippen molar-refractivity contribution in [3.8, 4) is 0 Å². The highest BCUT2D eigenvalue weighted by Gasteiger charge is 2.47. The third-order valence-corrected chi connectivity index (χ3v) is 10.4. The molecule has 1 aliphatic carbocycles. The number of alkyl halides is 3. The molecule has 0 radical (unpaired) electrons. The van der Waals surface area contributed by atoms with Crippen molar-refractivity contribution < 1.29 is 36.7 Å². The summed E-state index contributed by atoms with van der Waals surface area (Å²) in [5.41, 5.74) is -1.18. The Balaban J connectivity index is 1.49. The number of fused-ring (bicyclic) bond motifs is 3. The van der Waals surface area contributed by atoms with Crippen molar-refractivity contribution in [2.45, 2.75) is 96.6 Å². The van der Waals surface area contributed by atoms with E-state index in [9.17, 15) is 36.7 Å². The minimum absolute atomic E-state index is 0.0312. The van der Waals surface area contributed by atoms with Gasteiger partial charge in [0.25, 0.3) is 0 Å². The average molecular weight is 752 g/mol. The maximum Gasteiger partial charge on any atom is 0.418 e. The first-order chi connectivity index (χ1) is 25.7. The number of nitrogens with one attached hydrogen (secondary N) is 5. The molecule has 0 saturated heterocycles. The van der Waals surface area contributed by atoms with Crippen LogP contribution in [0.1, 0.15) is 75.0 Å². The molecule has 2 aromatic carbocycles. The van der Waals surface area contributed by atoms with E-state index in [1.807, 2.05) is 13.8 Å². The zero-order valence-corrected chi connectivity index (χ0v) is 30.6. The fourth-order valence-electron chi connectivity index (χ4n) is 6.81. The number of aromatic nitrogens is 3. The first-order valence-corrected chi connectivity index (χ1v) is 18.0. The van der Waals surface area contributed by atoms with E-state index in [1.165, 1.54) is 48.9 Å². The Morgan fingerprint density at radius 1 is 0.926 bits per heavy atom. The summed E-state index contributed by atoms with van der Waals surface area (Å²) in [5, 5.41) is 11.5. The van der Waals surface area contributed by atoms with Gasteiger partial charge in [0.2, 0.25) is 23.6 Å². The molecular weight excluding hydrogens is 706 g/mol. The van der Waals surface area contributed by atoms with Crippen LogP contribution in [-0.2, 0) is 51.2 Å². The normalized spacial score (nSPS) is 17.8. The molecule has 11 nitrogen and oxygen atoms in total. The number of benzene rings is 2. The lowest BCUT2D eigenvalue weighted by Gasteiger charge is -2.39. The van der Waals surface area contributed by atoms with Crippen LogP contribution >= 0.6 is 0 Å². The molecule has 0 saturated carbocycles. The number of carbonyl (C=O) groups is 4. The van der Waals surface area contributed by atoms with Gasteiger partial charge in [0.05, 0.1) is 35.9 Å². The fraction of sp³-hybridized carbons (Fsp3) is 0.436. The molecule has 15 heteroatoms. The van der Waals surface area contributed by atoms with E-state index < -0.39 is 64.7 Å². The van der Waals surface area contributed by atoms with Crippen molar-refractivity contribution >= 4 is 34.5 Å². The average Bonchev–Trinajstić information content (AvgIpc) is 3.52. The van der Waals surface area contributed by atoms with Gasteiger partial charge in [0, 0.05) is 29.9 Å². The van der Waals surface area contributed by atoms with E-state index in [4.69, 9.17) is 0 Å². The van der Waals surface area contributed by atoms with Crippen LogP contribution in [0.15, 0.2) is 61.1 Å². The van der Waals surface area contributed by atoms with Gasteiger partial charge in [-0.25, -0.2) is 4.39 Å². The topological polar surface area (TPSA) is 158 Å². The second-order valence-corrected chi connectivity index (χ2v) is 14.0. The summed E-state index contributed by atoms with van der Waals surface area (Å²) in [6, 6.07) is 7.37. The summed E-state index contributed by atoms with van der Waals surface area (Å²) in [4.78, 5) is 66.9. The molecule has 288 valence electrons. The molecule has 0 spiro atoms. The first kappa shape index (κ1) is 39.9. The van der Waals surface area contributed by atoms with Crippen LogP contribution in [0.4, 0.5) is 17.6 Å². The third-order valence-electron chi connectivity index (χ3n) is 10.4. The Bertz CT molecular complexity index is 1990. The van der Waals surface area contributed by atoms with Gasteiger partial charge >= 0.3 is 6.18 Å². The van der Waals surface area contributed by atoms with Gasteiger partial charge in [-0.15, -0.1) is 0 Å². The molecule has 4 amide bonds. The number of nitrogens with zero attached hydrogens (tertiary/aromatic N) is 2.